The minimum absolute atomic E-state index is 0.438. The van der Waals surface area contributed by atoms with Gasteiger partial charge >= 0.3 is 0 Å². The van der Waals surface area contributed by atoms with Gasteiger partial charge in [0.15, 0.2) is 5.82 Å². The molecule has 0 fully saturated rings. The van der Waals surface area contributed by atoms with Gasteiger partial charge in [0.2, 0.25) is 11.9 Å². The highest BCUT2D eigenvalue weighted by molar-refractivity contribution is 5.47. The second kappa shape index (κ2) is 5.43. The first kappa shape index (κ1) is 13.4. The highest BCUT2D eigenvalue weighted by atomic mass is 19.1. The molecule has 1 aliphatic heterocycles. The van der Waals surface area contributed by atoms with E-state index >= 15 is 0 Å². The molecule has 6 nitrogen and oxygen atoms in total. The molecule has 21 heavy (non-hydrogen) atoms. The van der Waals surface area contributed by atoms with E-state index in [0.29, 0.717) is 25.0 Å². The van der Waals surface area contributed by atoms with Crippen molar-refractivity contribution >= 4 is 11.9 Å². The molecular weight excluding hydrogens is 271 g/mol. The second-order valence-electron chi connectivity index (χ2n) is 4.88. The third-order valence-electron chi connectivity index (χ3n) is 3.21. The molecule has 0 spiro atoms. The molecule has 0 aromatic carbocycles. The summed E-state index contributed by atoms with van der Waals surface area (Å²) in [6.45, 7) is 5.30. The fourth-order valence-corrected chi connectivity index (χ4v) is 2.14. The zero-order chi connectivity index (χ0) is 14.8. The number of aryl methyl sites for hydroxylation is 1. The molecular formula is C14H15FN6. The van der Waals surface area contributed by atoms with Gasteiger partial charge < -0.3 is 9.80 Å². The predicted octanol–water partition coefficient (Wildman–Crippen LogP) is 1.90. The Morgan fingerprint density at radius 2 is 1.52 bits per heavy atom. The van der Waals surface area contributed by atoms with Crippen LogP contribution in [-0.2, 0) is 0 Å². The Bertz CT molecular complexity index is 652. The average molecular weight is 286 g/mol. The van der Waals surface area contributed by atoms with Gasteiger partial charge in [-0.25, -0.2) is 24.3 Å². The van der Waals surface area contributed by atoms with Gasteiger partial charge in [-0.1, -0.05) is 0 Å². The summed E-state index contributed by atoms with van der Waals surface area (Å²) in [6, 6.07) is 0. The van der Waals surface area contributed by atoms with Crippen molar-refractivity contribution < 1.29 is 4.39 Å². The maximum Gasteiger partial charge on any atom is 0.229 e. The normalized spacial score (nSPS) is 15.1. The first-order valence-electron chi connectivity index (χ1n) is 6.62. The number of halogens is 1. The number of aromatic nitrogens is 4. The standard InChI is InChI=1S/C14H15FN6/c1-10-5-16-13(17-6-10)20-3-4-21(11(2)9-20)14-18-7-12(15)8-19-14/h5-9H,3-4H2,1-2H3. The summed E-state index contributed by atoms with van der Waals surface area (Å²) in [4.78, 5) is 20.6. The number of hydrogen-bond donors (Lipinski definition) is 0. The van der Waals surface area contributed by atoms with E-state index in [0.717, 1.165) is 11.3 Å². The highest BCUT2D eigenvalue weighted by Crippen LogP contribution is 2.20. The number of hydrogen-bond acceptors (Lipinski definition) is 6. The molecule has 3 heterocycles. The Kier molecular flexibility index (Phi) is 3.47. The van der Waals surface area contributed by atoms with E-state index in [1.807, 2.05) is 29.8 Å². The maximum atomic E-state index is 12.9. The van der Waals surface area contributed by atoms with Gasteiger partial charge in [0.25, 0.3) is 0 Å². The average Bonchev–Trinajstić information content (AvgIpc) is 2.49. The largest absolute Gasteiger partial charge is 0.314 e. The topological polar surface area (TPSA) is 58.0 Å². The Balaban J connectivity index is 1.82. The monoisotopic (exact) mass is 286 g/mol. The van der Waals surface area contributed by atoms with E-state index in [-0.39, 0.29) is 0 Å². The van der Waals surface area contributed by atoms with Crippen LogP contribution in [0.2, 0.25) is 0 Å². The predicted molar refractivity (Wildman–Crippen MR) is 77.2 cm³/mol. The van der Waals surface area contributed by atoms with E-state index < -0.39 is 5.82 Å². The zero-order valence-electron chi connectivity index (χ0n) is 11.9. The molecule has 7 heteroatoms. The van der Waals surface area contributed by atoms with Crippen molar-refractivity contribution in [3.63, 3.8) is 0 Å². The summed E-state index contributed by atoms with van der Waals surface area (Å²) in [7, 11) is 0. The third-order valence-corrected chi connectivity index (χ3v) is 3.21. The lowest BCUT2D eigenvalue weighted by molar-refractivity contribution is 0.611. The van der Waals surface area contributed by atoms with Gasteiger partial charge in [-0.3, -0.25) is 0 Å². The van der Waals surface area contributed by atoms with E-state index in [1.165, 1.54) is 12.4 Å². The molecule has 0 N–H and O–H groups in total. The van der Waals surface area contributed by atoms with E-state index in [4.69, 9.17) is 0 Å². The molecule has 2 aromatic heterocycles. The van der Waals surface area contributed by atoms with E-state index in [9.17, 15) is 4.39 Å². The van der Waals surface area contributed by atoms with Crippen molar-refractivity contribution in [3.05, 3.63) is 48.1 Å². The van der Waals surface area contributed by atoms with Crippen LogP contribution in [0.3, 0.4) is 0 Å². The summed E-state index contributed by atoms with van der Waals surface area (Å²) in [5.74, 6) is 0.723. The number of nitrogens with zero attached hydrogens (tertiary/aromatic N) is 6. The van der Waals surface area contributed by atoms with Gasteiger partial charge in [-0.15, -0.1) is 0 Å². The molecule has 0 amide bonds. The van der Waals surface area contributed by atoms with Crippen molar-refractivity contribution in [2.45, 2.75) is 13.8 Å². The fraction of sp³-hybridized carbons (Fsp3) is 0.286. The van der Waals surface area contributed by atoms with E-state index in [1.54, 1.807) is 12.4 Å². The summed E-state index contributed by atoms with van der Waals surface area (Å²) in [6.07, 6.45) is 7.87. The smallest absolute Gasteiger partial charge is 0.229 e. The summed E-state index contributed by atoms with van der Waals surface area (Å²) < 4.78 is 12.9. The number of anilines is 2. The molecule has 0 bridgehead atoms. The van der Waals surface area contributed by atoms with Gasteiger partial charge in [0, 0.05) is 37.4 Å². The minimum atomic E-state index is -0.438. The van der Waals surface area contributed by atoms with Crippen molar-refractivity contribution in [1.82, 2.24) is 19.9 Å². The van der Waals surface area contributed by atoms with Crippen molar-refractivity contribution in [2.75, 3.05) is 22.9 Å². The van der Waals surface area contributed by atoms with Gasteiger partial charge in [-0.2, -0.15) is 0 Å². The summed E-state index contributed by atoms with van der Waals surface area (Å²) in [5.41, 5.74) is 1.98. The zero-order valence-corrected chi connectivity index (χ0v) is 11.9. The van der Waals surface area contributed by atoms with Crippen LogP contribution in [0.1, 0.15) is 12.5 Å². The second-order valence-corrected chi connectivity index (χ2v) is 4.88. The first-order valence-corrected chi connectivity index (χ1v) is 6.62. The van der Waals surface area contributed by atoms with Gasteiger partial charge in [0.1, 0.15) is 0 Å². The highest BCUT2D eigenvalue weighted by Gasteiger charge is 2.20. The molecule has 0 aliphatic carbocycles. The van der Waals surface area contributed by atoms with E-state index in [2.05, 4.69) is 19.9 Å². The Morgan fingerprint density at radius 3 is 2.14 bits per heavy atom. The van der Waals surface area contributed by atoms with Crippen LogP contribution in [0.15, 0.2) is 36.7 Å². The molecule has 0 unspecified atom stereocenters. The number of allylic oxidation sites excluding steroid dienone is 1. The van der Waals surface area contributed by atoms with Crippen LogP contribution in [0.4, 0.5) is 16.3 Å². The summed E-state index contributed by atoms with van der Waals surface area (Å²) in [5, 5.41) is 0. The van der Waals surface area contributed by atoms with Crippen LogP contribution >= 0.6 is 0 Å². The number of rotatable bonds is 2. The first-order chi connectivity index (χ1) is 10.1. The molecule has 0 saturated carbocycles. The molecule has 3 rings (SSSR count). The van der Waals surface area contributed by atoms with Crippen molar-refractivity contribution in [3.8, 4) is 0 Å². The Morgan fingerprint density at radius 1 is 0.905 bits per heavy atom. The molecule has 0 saturated heterocycles. The Labute approximate surface area is 122 Å². The lowest BCUT2D eigenvalue weighted by atomic mass is 10.3. The maximum absolute atomic E-state index is 12.9. The Hall–Kier alpha value is -2.57. The van der Waals surface area contributed by atoms with Crippen molar-refractivity contribution in [1.29, 1.82) is 0 Å². The third kappa shape index (κ3) is 2.81. The molecule has 1 aliphatic rings. The molecule has 0 atom stereocenters. The van der Waals surface area contributed by atoms with Gasteiger partial charge in [-0.05, 0) is 19.4 Å². The quantitative estimate of drug-likeness (QED) is 0.840. The van der Waals surface area contributed by atoms with Crippen molar-refractivity contribution in [2.24, 2.45) is 0 Å². The van der Waals surface area contributed by atoms with Crippen LogP contribution in [-0.4, -0.2) is 33.0 Å². The lowest BCUT2D eigenvalue weighted by Crippen LogP contribution is -2.39. The van der Waals surface area contributed by atoms with Crippen LogP contribution in [0, 0.1) is 12.7 Å². The SMILES string of the molecule is CC1=CN(c2ncc(C)cn2)CCN1c1ncc(F)cn1. The van der Waals surface area contributed by atoms with Gasteiger partial charge in [0.05, 0.1) is 12.4 Å². The van der Waals surface area contributed by atoms with Crippen LogP contribution in [0.5, 0.6) is 0 Å². The molecule has 108 valence electrons. The fourth-order valence-electron chi connectivity index (χ4n) is 2.14. The summed E-state index contributed by atoms with van der Waals surface area (Å²) >= 11 is 0. The molecule has 0 radical (unpaired) electrons. The van der Waals surface area contributed by atoms with Crippen LogP contribution in [0.25, 0.3) is 0 Å². The molecule has 2 aromatic rings. The minimum Gasteiger partial charge on any atom is -0.314 e. The lowest BCUT2D eigenvalue weighted by Gasteiger charge is -2.32. The van der Waals surface area contributed by atoms with Crippen LogP contribution < -0.4 is 9.80 Å².